The number of nitrogens with zero attached hydrogens (tertiary/aromatic N) is 2. The number of hydrogen-bond donors (Lipinski definition) is 0. The first-order chi connectivity index (χ1) is 12.4. The molecule has 0 aromatic heterocycles. The summed E-state index contributed by atoms with van der Waals surface area (Å²) in [6, 6.07) is 9.11. The van der Waals surface area contributed by atoms with Crippen molar-refractivity contribution >= 4 is 11.4 Å². The molecule has 8 heteroatoms. The second-order valence-corrected chi connectivity index (χ2v) is 6.67. The fraction of sp³-hybridized carbons (Fsp3) is 0.263. The second kappa shape index (κ2) is 6.21. The lowest BCUT2D eigenvalue weighted by atomic mass is 9.77. The molecule has 1 aliphatic rings. The summed E-state index contributed by atoms with van der Waals surface area (Å²) in [5.74, 6) is 0. The van der Waals surface area contributed by atoms with Crippen molar-refractivity contribution in [1.82, 2.24) is 0 Å². The molecule has 2 aromatic rings. The summed E-state index contributed by atoms with van der Waals surface area (Å²) in [5.41, 5.74) is -0.480. The summed E-state index contributed by atoms with van der Waals surface area (Å²) in [4.78, 5) is 0. The third kappa shape index (κ3) is 3.61. The topological polar surface area (TPSA) is 24.7 Å². The fourth-order valence-electron chi connectivity index (χ4n) is 2.93. The predicted molar refractivity (Wildman–Crippen MR) is 89.7 cm³/mol. The number of alkyl halides is 6. The standard InChI is InChI=1S/C19H14F6N2/c1-17(2)15(11-3-7-13(8-4-11)18(20,21)22)26-27-16(17)12-5-9-14(10-6-12)19(23,24)25/h3-10H,1-2H3. The van der Waals surface area contributed by atoms with Gasteiger partial charge in [-0.25, -0.2) is 0 Å². The third-order valence-electron chi connectivity index (χ3n) is 4.41. The molecule has 1 aliphatic heterocycles. The van der Waals surface area contributed by atoms with Gasteiger partial charge in [0.15, 0.2) is 0 Å². The molecule has 2 aromatic carbocycles. The molecule has 0 radical (unpaired) electrons. The number of halogens is 6. The average Bonchev–Trinajstić information content (AvgIpc) is 2.88. The molecule has 0 N–H and O–H groups in total. The number of hydrogen-bond acceptors (Lipinski definition) is 2. The van der Waals surface area contributed by atoms with Gasteiger partial charge in [-0.05, 0) is 49.2 Å². The summed E-state index contributed by atoms with van der Waals surface area (Å²) >= 11 is 0. The molecule has 0 bridgehead atoms. The molecule has 0 amide bonds. The van der Waals surface area contributed by atoms with Crippen LogP contribution in [0.1, 0.15) is 36.1 Å². The van der Waals surface area contributed by atoms with Crippen molar-refractivity contribution in [2.24, 2.45) is 15.6 Å². The molecular weight excluding hydrogens is 370 g/mol. The Bertz CT molecular complexity index is 826. The van der Waals surface area contributed by atoms with E-state index in [4.69, 9.17) is 0 Å². The Kier molecular flexibility index (Phi) is 4.40. The van der Waals surface area contributed by atoms with Gasteiger partial charge in [-0.15, -0.1) is 0 Å². The van der Waals surface area contributed by atoms with E-state index < -0.39 is 28.9 Å². The van der Waals surface area contributed by atoms with Crippen molar-refractivity contribution < 1.29 is 26.3 Å². The maximum Gasteiger partial charge on any atom is 0.416 e. The second-order valence-electron chi connectivity index (χ2n) is 6.67. The maximum absolute atomic E-state index is 12.7. The van der Waals surface area contributed by atoms with Crippen LogP contribution in [0.3, 0.4) is 0 Å². The first-order valence-corrected chi connectivity index (χ1v) is 7.92. The lowest BCUT2D eigenvalue weighted by Crippen LogP contribution is -2.31. The highest BCUT2D eigenvalue weighted by Crippen LogP contribution is 2.36. The summed E-state index contributed by atoms with van der Waals surface area (Å²) in [6.45, 7) is 3.54. The van der Waals surface area contributed by atoms with Gasteiger partial charge in [0.05, 0.1) is 28.0 Å². The SMILES string of the molecule is CC1(C)C(c2ccc(C(F)(F)F)cc2)=NN=C1c1ccc(C(F)(F)F)cc1. The molecule has 0 unspecified atom stereocenters. The first kappa shape index (κ1) is 19.1. The predicted octanol–water partition coefficient (Wildman–Crippen LogP) is 5.96. The minimum atomic E-state index is -4.44. The van der Waals surface area contributed by atoms with Crippen molar-refractivity contribution in [3.8, 4) is 0 Å². The highest BCUT2D eigenvalue weighted by atomic mass is 19.4. The van der Waals surface area contributed by atoms with Crippen LogP contribution in [-0.2, 0) is 12.4 Å². The van der Waals surface area contributed by atoms with Crippen LogP contribution in [0.4, 0.5) is 26.3 Å². The zero-order chi connectivity index (χ0) is 20.0. The van der Waals surface area contributed by atoms with E-state index >= 15 is 0 Å². The largest absolute Gasteiger partial charge is 0.416 e. The molecule has 0 saturated carbocycles. The van der Waals surface area contributed by atoms with Crippen molar-refractivity contribution in [1.29, 1.82) is 0 Å². The quantitative estimate of drug-likeness (QED) is 0.571. The Morgan fingerprint density at radius 3 is 1.15 bits per heavy atom. The van der Waals surface area contributed by atoms with Gasteiger partial charge in [0, 0.05) is 0 Å². The van der Waals surface area contributed by atoms with Gasteiger partial charge >= 0.3 is 12.4 Å². The maximum atomic E-state index is 12.7. The number of benzene rings is 2. The van der Waals surface area contributed by atoms with Crippen LogP contribution in [0, 0.1) is 5.41 Å². The van der Waals surface area contributed by atoms with Crippen LogP contribution in [0.5, 0.6) is 0 Å². The van der Waals surface area contributed by atoms with Crippen LogP contribution in [0.2, 0.25) is 0 Å². The van der Waals surface area contributed by atoms with E-state index in [1.807, 2.05) is 0 Å². The van der Waals surface area contributed by atoms with Crippen molar-refractivity contribution in [2.45, 2.75) is 26.2 Å². The zero-order valence-corrected chi connectivity index (χ0v) is 14.3. The van der Waals surface area contributed by atoms with Crippen LogP contribution < -0.4 is 0 Å². The molecule has 0 spiro atoms. The Hall–Kier alpha value is -2.64. The van der Waals surface area contributed by atoms with Crippen LogP contribution in [0.15, 0.2) is 58.7 Å². The van der Waals surface area contributed by atoms with Gasteiger partial charge in [0.2, 0.25) is 0 Å². The Balaban J connectivity index is 1.87. The van der Waals surface area contributed by atoms with Gasteiger partial charge in [0.25, 0.3) is 0 Å². The van der Waals surface area contributed by atoms with Crippen LogP contribution in [0.25, 0.3) is 0 Å². The van der Waals surface area contributed by atoms with Gasteiger partial charge in [-0.1, -0.05) is 24.3 Å². The van der Waals surface area contributed by atoms with Crippen molar-refractivity contribution in [3.05, 3.63) is 70.8 Å². The van der Waals surface area contributed by atoms with E-state index in [-0.39, 0.29) is 0 Å². The lowest BCUT2D eigenvalue weighted by molar-refractivity contribution is -0.138. The lowest BCUT2D eigenvalue weighted by Gasteiger charge is -2.23. The van der Waals surface area contributed by atoms with Crippen LogP contribution in [-0.4, -0.2) is 11.4 Å². The smallest absolute Gasteiger partial charge is 0.166 e. The normalized spacial score (nSPS) is 16.9. The summed E-state index contributed by atoms with van der Waals surface area (Å²) in [5, 5.41) is 8.16. The summed E-state index contributed by atoms with van der Waals surface area (Å²) in [7, 11) is 0. The van der Waals surface area contributed by atoms with Gasteiger partial charge in [-0.2, -0.15) is 36.5 Å². The zero-order valence-electron chi connectivity index (χ0n) is 14.3. The average molecular weight is 384 g/mol. The van der Waals surface area contributed by atoms with Crippen molar-refractivity contribution in [2.75, 3.05) is 0 Å². The molecule has 1 heterocycles. The third-order valence-corrected chi connectivity index (χ3v) is 4.41. The molecule has 2 nitrogen and oxygen atoms in total. The van der Waals surface area contributed by atoms with E-state index in [9.17, 15) is 26.3 Å². The molecule has 142 valence electrons. The van der Waals surface area contributed by atoms with Gasteiger partial charge in [-0.3, -0.25) is 0 Å². The Morgan fingerprint density at radius 2 is 0.889 bits per heavy atom. The van der Waals surface area contributed by atoms with E-state index in [2.05, 4.69) is 10.2 Å². The van der Waals surface area contributed by atoms with Gasteiger partial charge in [0.1, 0.15) is 0 Å². The Morgan fingerprint density at radius 1 is 0.593 bits per heavy atom. The number of rotatable bonds is 2. The molecule has 0 atom stereocenters. The summed E-state index contributed by atoms with van der Waals surface area (Å²) in [6.07, 6.45) is -8.87. The van der Waals surface area contributed by atoms with E-state index in [1.54, 1.807) is 13.8 Å². The fourth-order valence-corrected chi connectivity index (χ4v) is 2.93. The van der Waals surface area contributed by atoms with Gasteiger partial charge < -0.3 is 0 Å². The van der Waals surface area contributed by atoms with E-state index in [1.165, 1.54) is 24.3 Å². The highest BCUT2D eigenvalue weighted by molar-refractivity contribution is 6.25. The highest BCUT2D eigenvalue weighted by Gasteiger charge is 2.38. The molecule has 3 rings (SSSR count). The van der Waals surface area contributed by atoms with E-state index in [0.29, 0.717) is 22.6 Å². The van der Waals surface area contributed by atoms with Crippen molar-refractivity contribution in [3.63, 3.8) is 0 Å². The first-order valence-electron chi connectivity index (χ1n) is 7.92. The minimum Gasteiger partial charge on any atom is -0.166 e. The molecule has 0 aliphatic carbocycles. The monoisotopic (exact) mass is 384 g/mol. The molecule has 0 saturated heterocycles. The summed E-state index contributed by atoms with van der Waals surface area (Å²) < 4.78 is 76.3. The molecule has 27 heavy (non-hydrogen) atoms. The van der Waals surface area contributed by atoms with Crippen LogP contribution >= 0.6 is 0 Å². The molecule has 0 fully saturated rings. The molecular formula is C19H14F6N2. The van der Waals surface area contributed by atoms with E-state index in [0.717, 1.165) is 24.3 Å². The minimum absolute atomic E-state index is 0.450. The Labute approximate surface area is 151 Å².